The number of nitrogens with zero attached hydrogens (tertiary/aromatic N) is 5. The summed E-state index contributed by atoms with van der Waals surface area (Å²) in [5.41, 5.74) is 1.85. The molecule has 0 spiro atoms. The number of piperazine rings is 1. The van der Waals surface area contributed by atoms with Crippen LogP contribution in [0.4, 0.5) is 5.82 Å². The molecule has 112 valence electrons. The molecule has 2 aliphatic rings. The van der Waals surface area contributed by atoms with E-state index in [-0.39, 0.29) is 6.04 Å². The van der Waals surface area contributed by atoms with E-state index in [1.807, 2.05) is 17.9 Å². The van der Waals surface area contributed by atoms with E-state index in [2.05, 4.69) is 20.5 Å². The van der Waals surface area contributed by atoms with E-state index in [0.717, 1.165) is 62.0 Å². The summed E-state index contributed by atoms with van der Waals surface area (Å²) >= 11 is 0. The van der Waals surface area contributed by atoms with Gasteiger partial charge < -0.3 is 20.1 Å². The molecule has 0 amide bonds. The van der Waals surface area contributed by atoms with Crippen molar-refractivity contribution in [2.24, 2.45) is 7.05 Å². The smallest absolute Gasteiger partial charge is 0.165 e. The molecule has 2 saturated heterocycles. The van der Waals surface area contributed by atoms with Crippen LogP contribution in [0.15, 0.2) is 6.33 Å². The molecule has 2 aliphatic heterocycles. The zero-order chi connectivity index (χ0) is 14.2. The Hall–Kier alpha value is -1.73. The fourth-order valence-corrected chi connectivity index (χ4v) is 3.17. The number of rotatable bonds is 2. The Labute approximate surface area is 123 Å². The first kappa shape index (κ1) is 13.0. The molecule has 0 saturated carbocycles. The van der Waals surface area contributed by atoms with Crippen LogP contribution in [0.2, 0.25) is 0 Å². The predicted molar refractivity (Wildman–Crippen MR) is 81.4 cm³/mol. The Morgan fingerprint density at radius 3 is 2.81 bits per heavy atom. The summed E-state index contributed by atoms with van der Waals surface area (Å²) < 4.78 is 1.99. The highest BCUT2D eigenvalue weighted by Crippen LogP contribution is 2.27. The van der Waals surface area contributed by atoms with E-state index in [9.17, 15) is 0 Å². The molecule has 4 rings (SSSR count). The van der Waals surface area contributed by atoms with Crippen molar-refractivity contribution in [2.45, 2.75) is 18.9 Å². The Bertz CT molecular complexity index is 638. The van der Waals surface area contributed by atoms with Gasteiger partial charge in [-0.3, -0.25) is 0 Å². The van der Waals surface area contributed by atoms with Crippen molar-refractivity contribution in [2.75, 3.05) is 37.6 Å². The minimum absolute atomic E-state index is 0.283. The number of nitrogens with one attached hydrogen (secondary N) is 2. The molecule has 0 radical (unpaired) electrons. The Kier molecular flexibility index (Phi) is 3.23. The zero-order valence-corrected chi connectivity index (χ0v) is 12.3. The number of fused-ring (bicyclic) bond motifs is 1. The molecular formula is C14H21N7. The molecule has 1 unspecified atom stereocenters. The maximum Gasteiger partial charge on any atom is 0.165 e. The van der Waals surface area contributed by atoms with Crippen LogP contribution >= 0.6 is 0 Å². The summed E-state index contributed by atoms with van der Waals surface area (Å²) in [6.45, 7) is 4.99. The van der Waals surface area contributed by atoms with Gasteiger partial charge >= 0.3 is 0 Å². The van der Waals surface area contributed by atoms with Gasteiger partial charge in [0.05, 0.1) is 12.4 Å². The van der Waals surface area contributed by atoms with Crippen molar-refractivity contribution in [1.82, 2.24) is 30.2 Å². The van der Waals surface area contributed by atoms with Crippen molar-refractivity contribution >= 4 is 17.0 Å². The van der Waals surface area contributed by atoms with Gasteiger partial charge in [-0.05, 0) is 19.4 Å². The molecule has 0 bridgehead atoms. The van der Waals surface area contributed by atoms with Gasteiger partial charge in [0, 0.05) is 33.2 Å². The quantitative estimate of drug-likeness (QED) is 0.822. The van der Waals surface area contributed by atoms with Gasteiger partial charge in [-0.25, -0.2) is 15.0 Å². The lowest BCUT2D eigenvalue weighted by Crippen LogP contribution is -2.44. The van der Waals surface area contributed by atoms with Crippen LogP contribution in [0.3, 0.4) is 0 Å². The summed E-state index contributed by atoms with van der Waals surface area (Å²) in [5.74, 6) is 1.91. The third-order valence-electron chi connectivity index (χ3n) is 4.35. The van der Waals surface area contributed by atoms with Gasteiger partial charge in [-0.2, -0.15) is 0 Å². The SMILES string of the molecule is Cn1cnc2c(N3CCNCC3)nc(C3CCCN3)nc21. The highest BCUT2D eigenvalue weighted by atomic mass is 15.3. The monoisotopic (exact) mass is 287 g/mol. The number of imidazole rings is 1. The molecule has 7 heteroatoms. The fraction of sp³-hybridized carbons (Fsp3) is 0.643. The predicted octanol–water partition coefficient (Wildman–Crippen LogP) is 0.197. The van der Waals surface area contributed by atoms with Gasteiger partial charge in [0.1, 0.15) is 5.82 Å². The summed E-state index contributed by atoms with van der Waals surface area (Å²) in [6, 6.07) is 0.283. The van der Waals surface area contributed by atoms with Crippen LogP contribution in [-0.2, 0) is 7.05 Å². The second kappa shape index (κ2) is 5.23. The molecule has 21 heavy (non-hydrogen) atoms. The van der Waals surface area contributed by atoms with Crippen molar-refractivity contribution in [3.8, 4) is 0 Å². The van der Waals surface area contributed by atoms with E-state index in [4.69, 9.17) is 9.97 Å². The number of hydrogen-bond donors (Lipinski definition) is 2. The van der Waals surface area contributed by atoms with Gasteiger partial charge in [-0.1, -0.05) is 0 Å². The number of hydrogen-bond acceptors (Lipinski definition) is 6. The van der Waals surface area contributed by atoms with E-state index in [1.54, 1.807) is 0 Å². The second-order valence-electron chi connectivity index (χ2n) is 5.82. The number of aromatic nitrogens is 4. The van der Waals surface area contributed by atoms with E-state index in [0.29, 0.717) is 0 Å². The van der Waals surface area contributed by atoms with Gasteiger partial charge in [-0.15, -0.1) is 0 Å². The molecular weight excluding hydrogens is 266 g/mol. The van der Waals surface area contributed by atoms with E-state index >= 15 is 0 Å². The first-order valence-corrected chi connectivity index (χ1v) is 7.71. The summed E-state index contributed by atoms with van der Waals surface area (Å²) in [6.07, 6.45) is 4.14. The van der Waals surface area contributed by atoms with Crippen LogP contribution in [0.5, 0.6) is 0 Å². The molecule has 0 aliphatic carbocycles. The van der Waals surface area contributed by atoms with Crippen molar-refractivity contribution in [3.63, 3.8) is 0 Å². The van der Waals surface area contributed by atoms with Crippen LogP contribution in [0, 0.1) is 0 Å². The minimum atomic E-state index is 0.283. The van der Waals surface area contributed by atoms with E-state index < -0.39 is 0 Å². The third-order valence-corrected chi connectivity index (χ3v) is 4.35. The highest BCUT2D eigenvalue weighted by molar-refractivity contribution is 5.83. The van der Waals surface area contributed by atoms with E-state index in [1.165, 1.54) is 6.42 Å². The normalized spacial score (nSPS) is 23.1. The molecule has 7 nitrogen and oxygen atoms in total. The van der Waals surface area contributed by atoms with Gasteiger partial charge in [0.25, 0.3) is 0 Å². The van der Waals surface area contributed by atoms with Crippen LogP contribution in [0.1, 0.15) is 24.7 Å². The van der Waals surface area contributed by atoms with Gasteiger partial charge in [0.15, 0.2) is 17.0 Å². The highest BCUT2D eigenvalue weighted by Gasteiger charge is 2.24. The first-order valence-electron chi connectivity index (χ1n) is 7.71. The molecule has 2 N–H and O–H groups in total. The van der Waals surface area contributed by atoms with Crippen molar-refractivity contribution in [1.29, 1.82) is 0 Å². The molecule has 4 heterocycles. The molecule has 2 aromatic rings. The lowest BCUT2D eigenvalue weighted by molar-refractivity contribution is 0.575. The summed E-state index contributed by atoms with van der Waals surface area (Å²) in [4.78, 5) is 16.5. The fourth-order valence-electron chi connectivity index (χ4n) is 3.17. The Morgan fingerprint density at radius 1 is 1.19 bits per heavy atom. The average molecular weight is 287 g/mol. The maximum absolute atomic E-state index is 4.87. The maximum atomic E-state index is 4.87. The topological polar surface area (TPSA) is 70.9 Å². The molecule has 2 aromatic heterocycles. The number of aryl methyl sites for hydroxylation is 1. The Balaban J connectivity index is 1.82. The lowest BCUT2D eigenvalue weighted by atomic mass is 10.2. The number of anilines is 1. The van der Waals surface area contributed by atoms with Crippen LogP contribution in [-0.4, -0.2) is 52.2 Å². The first-order chi connectivity index (χ1) is 10.3. The second-order valence-corrected chi connectivity index (χ2v) is 5.82. The van der Waals surface area contributed by atoms with Gasteiger partial charge in [0.2, 0.25) is 0 Å². The lowest BCUT2D eigenvalue weighted by Gasteiger charge is -2.29. The molecule has 1 atom stereocenters. The molecule has 2 fully saturated rings. The van der Waals surface area contributed by atoms with Crippen molar-refractivity contribution < 1.29 is 0 Å². The van der Waals surface area contributed by atoms with Crippen molar-refractivity contribution in [3.05, 3.63) is 12.2 Å². The Morgan fingerprint density at radius 2 is 2.05 bits per heavy atom. The largest absolute Gasteiger partial charge is 0.352 e. The summed E-state index contributed by atoms with van der Waals surface area (Å²) in [5, 5.41) is 6.88. The summed E-state index contributed by atoms with van der Waals surface area (Å²) in [7, 11) is 2.00. The minimum Gasteiger partial charge on any atom is -0.352 e. The average Bonchev–Trinajstić information content (AvgIpc) is 3.18. The van der Waals surface area contributed by atoms with Crippen LogP contribution < -0.4 is 15.5 Å². The standard InChI is InChI=1S/C14H21N7/c1-20-9-17-11-13(20)18-12(10-3-2-4-16-10)19-14(11)21-7-5-15-6-8-21/h9-10,15-16H,2-8H2,1H3. The third kappa shape index (κ3) is 2.26. The molecule has 0 aromatic carbocycles. The zero-order valence-electron chi connectivity index (χ0n) is 12.3. The van der Waals surface area contributed by atoms with Crippen LogP contribution in [0.25, 0.3) is 11.2 Å².